The number of primary amides is 1. The number of hydrogen-bond acceptors (Lipinski definition) is 6. The van der Waals surface area contributed by atoms with Gasteiger partial charge in [0.15, 0.2) is 0 Å². The van der Waals surface area contributed by atoms with Gasteiger partial charge in [-0.1, -0.05) is 6.07 Å². The second-order valence-corrected chi connectivity index (χ2v) is 10.5. The molecule has 2 aromatic carbocycles. The fourth-order valence-corrected chi connectivity index (χ4v) is 5.98. The summed E-state index contributed by atoms with van der Waals surface area (Å²) in [5.41, 5.74) is 6.07. The SMILES string of the molecule is NC(=O)c1cccc(F)c1N1CCC(CN2CCN(c3cc(F)c(C4CCC(=O)NC4=O)c(F)c3)CC2)CC1. The van der Waals surface area contributed by atoms with Gasteiger partial charge in [-0.15, -0.1) is 0 Å². The van der Waals surface area contributed by atoms with E-state index in [-0.39, 0.29) is 29.7 Å². The van der Waals surface area contributed by atoms with Gasteiger partial charge in [0, 0.05) is 63.5 Å². The monoisotopic (exact) mass is 543 g/mol. The molecule has 3 fully saturated rings. The third-order valence-electron chi connectivity index (χ3n) is 8.09. The zero-order valence-electron chi connectivity index (χ0n) is 21.6. The number of para-hydroxylation sites is 1. The van der Waals surface area contributed by atoms with Crippen molar-refractivity contribution < 1.29 is 27.6 Å². The molecule has 0 aliphatic carbocycles. The van der Waals surface area contributed by atoms with Gasteiger partial charge in [0.25, 0.3) is 5.91 Å². The Morgan fingerprint density at radius 3 is 2.18 bits per heavy atom. The maximum absolute atomic E-state index is 15.0. The first-order valence-corrected chi connectivity index (χ1v) is 13.3. The average molecular weight is 544 g/mol. The Kier molecular flexibility index (Phi) is 7.79. The summed E-state index contributed by atoms with van der Waals surface area (Å²) in [5.74, 6) is -4.34. The standard InChI is InChI=1S/C28H32F3N5O3/c29-21-3-1-2-20(27(32)38)26(21)36-8-6-17(7-9-36)16-34-10-12-35(13-11-34)18-14-22(30)25(23(31)15-18)19-4-5-24(37)33-28(19)39/h1-3,14-15,17,19H,4-13,16H2,(H2,32,38)(H,33,37,39). The number of nitrogens with one attached hydrogen (secondary N) is 1. The number of piperazine rings is 1. The Morgan fingerprint density at radius 1 is 0.897 bits per heavy atom. The van der Waals surface area contributed by atoms with Gasteiger partial charge in [0.05, 0.1) is 17.2 Å². The Balaban J connectivity index is 1.14. The molecule has 8 nitrogen and oxygen atoms in total. The van der Waals surface area contributed by atoms with E-state index in [2.05, 4.69) is 10.2 Å². The molecular weight excluding hydrogens is 511 g/mol. The second kappa shape index (κ2) is 11.3. The maximum atomic E-state index is 15.0. The van der Waals surface area contributed by atoms with Gasteiger partial charge in [-0.05, 0) is 49.4 Å². The fourth-order valence-electron chi connectivity index (χ4n) is 5.98. The van der Waals surface area contributed by atoms with Crippen molar-refractivity contribution in [2.75, 3.05) is 55.6 Å². The predicted octanol–water partition coefficient (Wildman–Crippen LogP) is 2.76. The lowest BCUT2D eigenvalue weighted by Gasteiger charge is -2.40. The fraction of sp³-hybridized carbons (Fsp3) is 0.464. The van der Waals surface area contributed by atoms with Gasteiger partial charge < -0.3 is 15.5 Å². The van der Waals surface area contributed by atoms with E-state index >= 15 is 0 Å². The van der Waals surface area contributed by atoms with Crippen LogP contribution in [-0.2, 0) is 9.59 Å². The van der Waals surface area contributed by atoms with E-state index < -0.39 is 41.1 Å². The normalized spacial score (nSPS) is 21.3. The number of piperidine rings is 2. The summed E-state index contributed by atoms with van der Waals surface area (Å²) in [5, 5.41) is 2.15. The number of nitrogens with two attached hydrogens (primary N) is 1. The Morgan fingerprint density at radius 2 is 1.56 bits per heavy atom. The van der Waals surface area contributed by atoms with E-state index in [0.29, 0.717) is 37.8 Å². The van der Waals surface area contributed by atoms with E-state index in [4.69, 9.17) is 5.73 Å². The molecule has 0 radical (unpaired) electrons. The first-order chi connectivity index (χ1) is 18.7. The first-order valence-electron chi connectivity index (χ1n) is 13.3. The maximum Gasteiger partial charge on any atom is 0.250 e. The number of halogens is 3. The number of carbonyl (C=O) groups excluding carboxylic acids is 3. The lowest BCUT2D eigenvalue weighted by molar-refractivity contribution is -0.134. The Hall–Kier alpha value is -3.60. The molecule has 208 valence electrons. The van der Waals surface area contributed by atoms with Crippen LogP contribution in [0, 0.1) is 23.4 Å². The van der Waals surface area contributed by atoms with Gasteiger partial charge in [-0.25, -0.2) is 13.2 Å². The van der Waals surface area contributed by atoms with Crippen molar-refractivity contribution >= 4 is 29.1 Å². The van der Waals surface area contributed by atoms with Crippen molar-refractivity contribution in [2.45, 2.75) is 31.6 Å². The van der Waals surface area contributed by atoms with Crippen LogP contribution in [-0.4, -0.2) is 68.4 Å². The van der Waals surface area contributed by atoms with Crippen LogP contribution in [0.25, 0.3) is 0 Å². The number of anilines is 2. The highest BCUT2D eigenvalue weighted by molar-refractivity contribution is 6.01. The smallest absolute Gasteiger partial charge is 0.250 e. The van der Waals surface area contributed by atoms with Crippen LogP contribution in [0.4, 0.5) is 24.5 Å². The molecule has 1 unspecified atom stereocenters. The molecule has 1 atom stereocenters. The second-order valence-electron chi connectivity index (χ2n) is 10.5. The minimum absolute atomic E-state index is 0.0512. The molecule has 11 heteroatoms. The zero-order chi connectivity index (χ0) is 27.7. The summed E-state index contributed by atoms with van der Waals surface area (Å²) >= 11 is 0. The van der Waals surface area contributed by atoms with Crippen LogP contribution in [0.1, 0.15) is 47.5 Å². The molecule has 3 saturated heterocycles. The first kappa shape index (κ1) is 27.0. The number of nitrogens with zero attached hydrogens (tertiary/aromatic N) is 3. The number of carbonyl (C=O) groups is 3. The summed E-state index contributed by atoms with van der Waals surface area (Å²) < 4.78 is 44.4. The summed E-state index contributed by atoms with van der Waals surface area (Å²) in [7, 11) is 0. The van der Waals surface area contributed by atoms with E-state index in [1.807, 2.05) is 9.80 Å². The highest BCUT2D eigenvalue weighted by Crippen LogP contribution is 2.33. The van der Waals surface area contributed by atoms with Gasteiger partial charge in [0.1, 0.15) is 17.5 Å². The Labute approximate surface area is 224 Å². The van der Waals surface area contributed by atoms with Crippen LogP contribution >= 0.6 is 0 Å². The van der Waals surface area contributed by atoms with Crippen molar-refractivity contribution in [3.63, 3.8) is 0 Å². The average Bonchev–Trinajstić information content (AvgIpc) is 2.90. The van der Waals surface area contributed by atoms with Gasteiger partial charge >= 0.3 is 0 Å². The van der Waals surface area contributed by atoms with Gasteiger partial charge in [-0.3, -0.25) is 24.6 Å². The van der Waals surface area contributed by atoms with Gasteiger partial charge in [0.2, 0.25) is 11.8 Å². The van der Waals surface area contributed by atoms with Crippen molar-refractivity contribution in [3.8, 4) is 0 Å². The highest BCUT2D eigenvalue weighted by atomic mass is 19.1. The van der Waals surface area contributed by atoms with Crippen molar-refractivity contribution in [3.05, 3.63) is 58.9 Å². The molecule has 0 saturated carbocycles. The quantitative estimate of drug-likeness (QED) is 0.544. The van der Waals surface area contributed by atoms with Crippen LogP contribution in [0.2, 0.25) is 0 Å². The van der Waals surface area contributed by atoms with E-state index in [9.17, 15) is 27.6 Å². The molecule has 3 amide bonds. The van der Waals surface area contributed by atoms with E-state index in [0.717, 1.165) is 32.5 Å². The molecule has 2 aromatic rings. The molecule has 0 spiro atoms. The lowest BCUT2D eigenvalue weighted by Crippen LogP contribution is -2.49. The molecular formula is C28H32F3N5O3. The summed E-state index contributed by atoms with van der Waals surface area (Å²) in [4.78, 5) is 41.4. The van der Waals surface area contributed by atoms with Crippen molar-refractivity contribution in [1.29, 1.82) is 0 Å². The van der Waals surface area contributed by atoms with Crippen LogP contribution in [0.15, 0.2) is 30.3 Å². The molecule has 0 aromatic heterocycles. The highest BCUT2D eigenvalue weighted by Gasteiger charge is 2.33. The lowest BCUT2D eigenvalue weighted by atomic mass is 9.89. The van der Waals surface area contributed by atoms with Gasteiger partial charge in [-0.2, -0.15) is 0 Å². The van der Waals surface area contributed by atoms with Crippen LogP contribution in [0.5, 0.6) is 0 Å². The zero-order valence-corrected chi connectivity index (χ0v) is 21.6. The van der Waals surface area contributed by atoms with Crippen LogP contribution in [0.3, 0.4) is 0 Å². The number of rotatable bonds is 6. The van der Waals surface area contributed by atoms with Crippen molar-refractivity contribution in [1.82, 2.24) is 10.2 Å². The molecule has 3 heterocycles. The number of imide groups is 1. The van der Waals surface area contributed by atoms with E-state index in [1.54, 1.807) is 6.07 Å². The molecule has 39 heavy (non-hydrogen) atoms. The number of amides is 3. The summed E-state index contributed by atoms with van der Waals surface area (Å²) in [6.45, 7) is 4.81. The summed E-state index contributed by atoms with van der Waals surface area (Å²) in [6, 6.07) is 6.92. The van der Waals surface area contributed by atoms with Crippen molar-refractivity contribution in [2.24, 2.45) is 11.7 Å². The summed E-state index contributed by atoms with van der Waals surface area (Å²) in [6.07, 6.45) is 1.84. The number of hydrogen-bond donors (Lipinski definition) is 2. The largest absolute Gasteiger partial charge is 0.369 e. The third-order valence-corrected chi connectivity index (χ3v) is 8.09. The molecule has 0 bridgehead atoms. The molecule has 5 rings (SSSR count). The predicted molar refractivity (Wildman–Crippen MR) is 140 cm³/mol. The van der Waals surface area contributed by atoms with E-state index in [1.165, 1.54) is 24.3 Å². The Bertz CT molecular complexity index is 1250. The molecule has 3 N–H and O–H groups in total. The number of benzene rings is 2. The minimum atomic E-state index is -1.01. The topological polar surface area (TPSA) is 99.0 Å². The minimum Gasteiger partial charge on any atom is -0.369 e. The van der Waals surface area contributed by atoms with Crippen LogP contribution < -0.4 is 20.9 Å². The molecule has 3 aliphatic heterocycles. The molecule has 3 aliphatic rings. The third kappa shape index (κ3) is 5.73.